The highest BCUT2D eigenvalue weighted by Gasteiger charge is 2.25. The fourth-order valence-electron chi connectivity index (χ4n) is 4.67. The molecule has 0 spiro atoms. The standard InChI is InChI=1S/C27H30N6O2/c1-16(2)31-25-22(27(35)32-20-6-4-18(5-7-20)12-17(3)34)15-30-24-9-8-23(33-26(24)25)19-10-11-29-21(13-19)14-28/h8-11,13,15-16,18,20H,4-7,12H2,1-3H3,(H,30,31)(H,32,35). The minimum Gasteiger partial charge on any atom is -0.380 e. The molecule has 1 aliphatic carbocycles. The molecule has 0 saturated heterocycles. The molecule has 3 heterocycles. The summed E-state index contributed by atoms with van der Waals surface area (Å²) in [6.45, 7) is 5.66. The van der Waals surface area contributed by atoms with Gasteiger partial charge in [0.05, 0.1) is 22.5 Å². The van der Waals surface area contributed by atoms with E-state index in [-0.39, 0.29) is 23.8 Å². The third kappa shape index (κ3) is 5.80. The zero-order chi connectivity index (χ0) is 24.9. The summed E-state index contributed by atoms with van der Waals surface area (Å²) in [4.78, 5) is 38.1. The maximum Gasteiger partial charge on any atom is 0.255 e. The number of hydrogen-bond donors (Lipinski definition) is 2. The molecule has 3 aromatic heterocycles. The lowest BCUT2D eigenvalue weighted by Crippen LogP contribution is -2.38. The molecule has 0 atom stereocenters. The van der Waals surface area contributed by atoms with E-state index in [1.54, 1.807) is 31.5 Å². The number of nitriles is 1. The number of Topliss-reactive ketones (excluding diaryl/α,β-unsaturated/α-hetero) is 1. The van der Waals surface area contributed by atoms with Crippen molar-refractivity contribution in [3.8, 4) is 17.3 Å². The van der Waals surface area contributed by atoms with E-state index < -0.39 is 0 Å². The summed E-state index contributed by atoms with van der Waals surface area (Å²) in [5.41, 5.74) is 4.13. The minimum atomic E-state index is -0.180. The Labute approximate surface area is 205 Å². The largest absolute Gasteiger partial charge is 0.380 e. The summed E-state index contributed by atoms with van der Waals surface area (Å²) in [6, 6.07) is 9.42. The second kappa shape index (κ2) is 10.6. The molecule has 1 aliphatic rings. The van der Waals surface area contributed by atoms with Gasteiger partial charge in [-0.15, -0.1) is 0 Å². The van der Waals surface area contributed by atoms with Crippen molar-refractivity contribution in [3.05, 3.63) is 47.9 Å². The summed E-state index contributed by atoms with van der Waals surface area (Å²) >= 11 is 0. The second-order valence-electron chi connectivity index (χ2n) is 9.55. The van der Waals surface area contributed by atoms with Crippen molar-refractivity contribution in [2.75, 3.05) is 5.32 Å². The summed E-state index contributed by atoms with van der Waals surface area (Å²) in [7, 11) is 0. The van der Waals surface area contributed by atoms with Crippen molar-refractivity contribution < 1.29 is 9.59 Å². The Hall–Kier alpha value is -3.86. The number of anilines is 1. The minimum absolute atomic E-state index is 0.0748. The van der Waals surface area contributed by atoms with Gasteiger partial charge >= 0.3 is 0 Å². The van der Waals surface area contributed by atoms with E-state index in [4.69, 9.17) is 4.98 Å². The van der Waals surface area contributed by atoms with Gasteiger partial charge in [-0.1, -0.05) is 0 Å². The number of ketones is 1. The van der Waals surface area contributed by atoms with E-state index in [0.717, 1.165) is 31.2 Å². The van der Waals surface area contributed by atoms with Crippen LogP contribution in [0.25, 0.3) is 22.3 Å². The van der Waals surface area contributed by atoms with Gasteiger partial charge in [0.25, 0.3) is 5.91 Å². The average Bonchev–Trinajstić information content (AvgIpc) is 2.84. The average molecular weight is 471 g/mol. The molecule has 2 N–H and O–H groups in total. The zero-order valence-electron chi connectivity index (χ0n) is 20.3. The molecule has 8 heteroatoms. The number of fused-ring (bicyclic) bond motifs is 1. The molecule has 4 rings (SSSR count). The van der Waals surface area contributed by atoms with E-state index >= 15 is 0 Å². The maximum absolute atomic E-state index is 13.3. The van der Waals surface area contributed by atoms with Gasteiger partial charge in [0.1, 0.15) is 23.1 Å². The fourth-order valence-corrected chi connectivity index (χ4v) is 4.67. The van der Waals surface area contributed by atoms with Gasteiger partial charge in [-0.05, 0) is 76.6 Å². The number of amides is 1. The summed E-state index contributed by atoms with van der Waals surface area (Å²) in [5, 5.41) is 15.8. The van der Waals surface area contributed by atoms with Crippen molar-refractivity contribution in [2.45, 2.75) is 65.0 Å². The number of carbonyl (C=O) groups is 2. The lowest BCUT2D eigenvalue weighted by molar-refractivity contribution is -0.118. The number of pyridine rings is 3. The Morgan fingerprint density at radius 3 is 2.60 bits per heavy atom. The highest BCUT2D eigenvalue weighted by molar-refractivity contribution is 6.06. The molecule has 1 saturated carbocycles. The van der Waals surface area contributed by atoms with Crippen molar-refractivity contribution in [2.24, 2.45) is 5.92 Å². The first-order valence-corrected chi connectivity index (χ1v) is 12.1. The van der Waals surface area contributed by atoms with Crippen molar-refractivity contribution in [1.29, 1.82) is 5.26 Å². The summed E-state index contributed by atoms with van der Waals surface area (Å²) in [5.74, 6) is 0.463. The Balaban J connectivity index is 1.63. The van der Waals surface area contributed by atoms with Crippen molar-refractivity contribution in [3.63, 3.8) is 0 Å². The lowest BCUT2D eigenvalue weighted by Gasteiger charge is -2.29. The van der Waals surface area contributed by atoms with Crippen LogP contribution in [0.15, 0.2) is 36.7 Å². The molecular formula is C27H30N6O2. The number of hydrogen-bond acceptors (Lipinski definition) is 7. The van der Waals surface area contributed by atoms with Gasteiger partial charge in [0.2, 0.25) is 0 Å². The predicted molar refractivity (Wildman–Crippen MR) is 135 cm³/mol. The number of carbonyl (C=O) groups excluding carboxylic acids is 2. The number of nitrogens with zero attached hydrogens (tertiary/aromatic N) is 4. The van der Waals surface area contributed by atoms with E-state index in [0.29, 0.717) is 46.0 Å². The van der Waals surface area contributed by atoms with Crippen LogP contribution >= 0.6 is 0 Å². The number of aromatic nitrogens is 3. The summed E-state index contributed by atoms with van der Waals surface area (Å²) in [6.07, 6.45) is 7.43. The lowest BCUT2D eigenvalue weighted by atomic mass is 9.83. The molecule has 35 heavy (non-hydrogen) atoms. The number of nitrogens with one attached hydrogen (secondary N) is 2. The van der Waals surface area contributed by atoms with Gasteiger partial charge < -0.3 is 15.4 Å². The Kier molecular flexibility index (Phi) is 7.35. The van der Waals surface area contributed by atoms with Crippen LogP contribution in [-0.4, -0.2) is 38.7 Å². The van der Waals surface area contributed by atoms with E-state index in [9.17, 15) is 14.9 Å². The molecule has 0 aromatic carbocycles. The molecule has 1 fully saturated rings. The molecule has 3 aromatic rings. The highest BCUT2D eigenvalue weighted by atomic mass is 16.1. The predicted octanol–water partition coefficient (Wildman–Crippen LogP) is 4.65. The van der Waals surface area contributed by atoms with Gasteiger partial charge in [0, 0.05) is 36.5 Å². The SMILES string of the molecule is CC(=O)CC1CCC(NC(=O)c2cnc3ccc(-c4ccnc(C#N)c4)nc3c2NC(C)C)CC1. The van der Waals surface area contributed by atoms with Crippen LogP contribution < -0.4 is 10.6 Å². The molecule has 0 unspecified atom stereocenters. The first-order chi connectivity index (χ1) is 16.8. The van der Waals surface area contributed by atoms with Crippen LogP contribution in [0.3, 0.4) is 0 Å². The zero-order valence-corrected chi connectivity index (χ0v) is 20.3. The Morgan fingerprint density at radius 2 is 1.91 bits per heavy atom. The smallest absolute Gasteiger partial charge is 0.255 e. The Bertz CT molecular complexity index is 1290. The van der Waals surface area contributed by atoms with Gasteiger partial charge in [-0.2, -0.15) is 5.26 Å². The van der Waals surface area contributed by atoms with E-state index in [1.165, 1.54) is 0 Å². The third-order valence-corrected chi connectivity index (χ3v) is 6.32. The first-order valence-electron chi connectivity index (χ1n) is 12.1. The fraction of sp³-hybridized carbons (Fsp3) is 0.407. The topological polar surface area (TPSA) is 121 Å². The van der Waals surface area contributed by atoms with Crippen LogP contribution in [0.5, 0.6) is 0 Å². The van der Waals surface area contributed by atoms with Gasteiger partial charge in [0.15, 0.2) is 0 Å². The highest BCUT2D eigenvalue weighted by Crippen LogP contribution is 2.30. The molecule has 0 aliphatic heterocycles. The van der Waals surface area contributed by atoms with E-state index in [2.05, 4.69) is 26.7 Å². The Morgan fingerprint density at radius 1 is 1.14 bits per heavy atom. The molecule has 180 valence electrons. The molecule has 8 nitrogen and oxygen atoms in total. The molecule has 0 radical (unpaired) electrons. The monoisotopic (exact) mass is 470 g/mol. The first kappa shape index (κ1) is 24.3. The molecular weight excluding hydrogens is 440 g/mol. The third-order valence-electron chi connectivity index (χ3n) is 6.32. The summed E-state index contributed by atoms with van der Waals surface area (Å²) < 4.78 is 0. The van der Waals surface area contributed by atoms with Crippen molar-refractivity contribution >= 4 is 28.4 Å². The maximum atomic E-state index is 13.3. The van der Waals surface area contributed by atoms with Gasteiger partial charge in [-0.3, -0.25) is 9.78 Å². The van der Waals surface area contributed by atoms with Crippen LogP contribution in [0.4, 0.5) is 5.69 Å². The van der Waals surface area contributed by atoms with Crippen LogP contribution in [0.2, 0.25) is 0 Å². The van der Waals surface area contributed by atoms with Gasteiger partial charge in [-0.25, -0.2) is 9.97 Å². The molecule has 0 bridgehead atoms. The second-order valence-corrected chi connectivity index (χ2v) is 9.55. The van der Waals surface area contributed by atoms with Crippen molar-refractivity contribution in [1.82, 2.24) is 20.3 Å². The van der Waals surface area contributed by atoms with Crippen LogP contribution in [-0.2, 0) is 4.79 Å². The van der Waals surface area contributed by atoms with Crippen LogP contribution in [0.1, 0.15) is 68.9 Å². The normalized spacial score (nSPS) is 17.7. The number of rotatable bonds is 7. The van der Waals surface area contributed by atoms with Crippen LogP contribution in [0, 0.1) is 17.2 Å². The van der Waals surface area contributed by atoms with E-state index in [1.807, 2.05) is 26.0 Å². The quantitative estimate of drug-likeness (QED) is 0.515. The molecule has 1 amide bonds.